The minimum Gasteiger partial charge on any atom is -0.507 e. The molecule has 2 rings (SSSR count). The van der Waals surface area contributed by atoms with Crippen molar-refractivity contribution in [2.45, 2.75) is 38.8 Å². The van der Waals surface area contributed by atoms with Gasteiger partial charge in [0.1, 0.15) is 22.9 Å². The van der Waals surface area contributed by atoms with Crippen LogP contribution in [0.15, 0.2) is 46.4 Å². The van der Waals surface area contributed by atoms with Crippen LogP contribution in [0.1, 0.15) is 38.8 Å². The fourth-order valence-electron chi connectivity index (χ4n) is 2.89. The zero-order valence-corrected chi connectivity index (χ0v) is 21.3. The minimum absolute atomic E-state index is 0.207. The van der Waals surface area contributed by atoms with E-state index in [4.69, 9.17) is 9.98 Å². The SMILES string of the molecule is CC(C)(N=Cc1ccc([N+](C)(C)C)cc1O)C(C)(C)N=Cc1ccc([N+](C)(C)C)cc1O. The fraction of sp³-hybridized carbons (Fsp3) is 0.462. The third-order valence-corrected chi connectivity index (χ3v) is 6.13. The molecule has 6 heteroatoms. The Kier molecular flexibility index (Phi) is 6.93. The Labute approximate surface area is 193 Å². The third kappa shape index (κ3) is 5.96. The van der Waals surface area contributed by atoms with Gasteiger partial charge in [0.15, 0.2) is 0 Å². The predicted molar refractivity (Wildman–Crippen MR) is 139 cm³/mol. The van der Waals surface area contributed by atoms with Crippen LogP contribution in [0.3, 0.4) is 0 Å². The van der Waals surface area contributed by atoms with Crippen molar-refractivity contribution in [3.05, 3.63) is 47.5 Å². The Morgan fingerprint density at radius 2 is 0.938 bits per heavy atom. The lowest BCUT2D eigenvalue weighted by Crippen LogP contribution is -2.42. The van der Waals surface area contributed by atoms with Crippen molar-refractivity contribution in [2.24, 2.45) is 9.98 Å². The molecule has 32 heavy (non-hydrogen) atoms. The van der Waals surface area contributed by atoms with Crippen LogP contribution in [0.4, 0.5) is 11.4 Å². The van der Waals surface area contributed by atoms with Crippen molar-refractivity contribution < 1.29 is 10.2 Å². The van der Waals surface area contributed by atoms with Crippen LogP contribution in [0.5, 0.6) is 11.5 Å². The van der Waals surface area contributed by atoms with E-state index in [9.17, 15) is 10.2 Å². The number of aromatic hydroxyl groups is 2. The van der Waals surface area contributed by atoms with Gasteiger partial charge in [-0.1, -0.05) is 0 Å². The van der Waals surface area contributed by atoms with E-state index in [0.717, 1.165) is 11.4 Å². The summed E-state index contributed by atoms with van der Waals surface area (Å²) in [5.41, 5.74) is 2.27. The van der Waals surface area contributed by atoms with Crippen LogP contribution in [-0.2, 0) is 0 Å². The summed E-state index contributed by atoms with van der Waals surface area (Å²) < 4.78 is 1.25. The molecule has 0 aliphatic carbocycles. The average Bonchev–Trinajstić information content (AvgIpc) is 2.64. The third-order valence-electron chi connectivity index (χ3n) is 6.13. The van der Waals surface area contributed by atoms with Crippen molar-refractivity contribution in [1.29, 1.82) is 0 Å². The number of phenolic OH excluding ortho intramolecular Hbond substituents is 2. The molecule has 0 fully saturated rings. The molecule has 0 saturated carbocycles. The number of phenols is 2. The second-order valence-electron chi connectivity index (χ2n) is 11.1. The lowest BCUT2D eigenvalue weighted by Gasteiger charge is -2.35. The summed E-state index contributed by atoms with van der Waals surface area (Å²) in [5, 5.41) is 20.9. The topological polar surface area (TPSA) is 65.2 Å². The average molecular weight is 441 g/mol. The highest BCUT2D eigenvalue weighted by Crippen LogP contribution is 2.32. The maximum absolute atomic E-state index is 10.5. The lowest BCUT2D eigenvalue weighted by atomic mass is 9.83. The van der Waals surface area contributed by atoms with Gasteiger partial charge in [-0.25, -0.2) is 0 Å². The van der Waals surface area contributed by atoms with E-state index in [0.29, 0.717) is 20.1 Å². The van der Waals surface area contributed by atoms with E-state index >= 15 is 0 Å². The number of quaternary nitrogens is 2. The number of hydrogen-bond donors (Lipinski definition) is 2. The second-order valence-corrected chi connectivity index (χ2v) is 11.1. The van der Waals surface area contributed by atoms with Gasteiger partial charge in [-0.15, -0.1) is 0 Å². The van der Waals surface area contributed by atoms with Gasteiger partial charge in [0.25, 0.3) is 0 Å². The monoisotopic (exact) mass is 440 g/mol. The second kappa shape index (κ2) is 8.68. The van der Waals surface area contributed by atoms with E-state index < -0.39 is 11.1 Å². The summed E-state index contributed by atoms with van der Waals surface area (Å²) in [4.78, 5) is 9.53. The van der Waals surface area contributed by atoms with Gasteiger partial charge in [0, 0.05) is 47.8 Å². The Morgan fingerprint density at radius 1 is 0.625 bits per heavy atom. The first-order chi connectivity index (χ1) is 14.4. The number of benzene rings is 2. The maximum Gasteiger partial charge on any atom is 0.135 e. The highest BCUT2D eigenvalue weighted by atomic mass is 16.3. The molecular weight excluding hydrogens is 400 g/mol. The maximum atomic E-state index is 10.5. The molecule has 6 nitrogen and oxygen atoms in total. The van der Waals surface area contributed by atoms with Crippen molar-refractivity contribution >= 4 is 23.8 Å². The lowest BCUT2D eigenvalue weighted by molar-refractivity contribution is 0.317. The van der Waals surface area contributed by atoms with Gasteiger partial charge >= 0.3 is 0 Å². The number of aliphatic imine (C=N–C) groups is 2. The summed E-state index contributed by atoms with van der Waals surface area (Å²) in [6, 6.07) is 11.3. The van der Waals surface area contributed by atoms with Crippen LogP contribution >= 0.6 is 0 Å². The normalized spacial score (nSPS) is 13.9. The Balaban J connectivity index is 2.26. The molecule has 2 aromatic carbocycles. The van der Waals surface area contributed by atoms with Crippen LogP contribution in [0.25, 0.3) is 0 Å². The largest absolute Gasteiger partial charge is 0.507 e. The van der Waals surface area contributed by atoms with Gasteiger partial charge in [0.05, 0.1) is 53.4 Å². The van der Waals surface area contributed by atoms with Gasteiger partial charge in [-0.3, -0.25) is 19.0 Å². The molecule has 0 heterocycles. The van der Waals surface area contributed by atoms with Gasteiger partial charge in [0.2, 0.25) is 0 Å². The van der Waals surface area contributed by atoms with Crippen LogP contribution in [0, 0.1) is 0 Å². The Hall–Kier alpha value is -2.70. The summed E-state index contributed by atoms with van der Waals surface area (Å²) in [5.74, 6) is 0.414. The Bertz CT molecular complexity index is 940. The Morgan fingerprint density at radius 3 is 1.19 bits per heavy atom. The highest BCUT2D eigenvalue weighted by Gasteiger charge is 2.36. The number of nitrogens with zero attached hydrogens (tertiary/aromatic N) is 4. The van der Waals surface area contributed by atoms with Gasteiger partial charge in [-0.2, -0.15) is 0 Å². The molecule has 174 valence electrons. The molecule has 0 spiro atoms. The van der Waals surface area contributed by atoms with Gasteiger partial charge < -0.3 is 10.2 Å². The molecule has 0 amide bonds. The molecular formula is C26H40N4O2+2. The van der Waals surface area contributed by atoms with E-state index in [1.54, 1.807) is 24.6 Å². The van der Waals surface area contributed by atoms with Crippen molar-refractivity contribution in [3.8, 4) is 11.5 Å². The fourth-order valence-corrected chi connectivity index (χ4v) is 2.89. The van der Waals surface area contributed by atoms with E-state index in [1.807, 2.05) is 52.0 Å². The first kappa shape index (κ1) is 25.6. The molecule has 0 aliphatic heterocycles. The molecule has 0 aromatic heterocycles. The quantitative estimate of drug-likeness (QED) is 0.489. The first-order valence-corrected chi connectivity index (χ1v) is 10.8. The van der Waals surface area contributed by atoms with Crippen LogP contribution < -0.4 is 8.97 Å². The zero-order valence-electron chi connectivity index (χ0n) is 21.3. The molecule has 0 bridgehead atoms. The molecule has 2 aromatic rings. The number of rotatable bonds is 7. The summed E-state index contributed by atoms with van der Waals surface area (Å²) in [7, 11) is 12.3. The van der Waals surface area contributed by atoms with Gasteiger partial charge in [-0.05, 0) is 39.8 Å². The van der Waals surface area contributed by atoms with E-state index in [-0.39, 0.29) is 11.5 Å². The van der Waals surface area contributed by atoms with Crippen molar-refractivity contribution in [1.82, 2.24) is 8.97 Å². The van der Waals surface area contributed by atoms with Crippen LogP contribution in [-0.4, -0.2) is 76.0 Å². The minimum atomic E-state index is -0.549. The van der Waals surface area contributed by atoms with Crippen molar-refractivity contribution in [3.63, 3.8) is 0 Å². The standard InChI is InChI=1S/C26H38N4O2/c1-25(2,27-17-19-11-13-21(15-23(19)31)29(5,6)7)26(3,4)28-18-20-12-14-22(16-24(20)32)30(8,9)10/h11-18H,1-10H3/p+2. The summed E-state index contributed by atoms with van der Waals surface area (Å²) in [6.07, 6.45) is 3.42. The number of hydrogen-bond acceptors (Lipinski definition) is 4. The molecule has 0 atom stereocenters. The smallest absolute Gasteiger partial charge is 0.135 e. The van der Waals surface area contributed by atoms with Crippen molar-refractivity contribution in [2.75, 3.05) is 42.3 Å². The predicted octanol–water partition coefficient (Wildman–Crippen LogP) is 4.59. The van der Waals surface area contributed by atoms with E-state index in [2.05, 4.69) is 42.3 Å². The molecule has 0 unspecified atom stereocenters. The zero-order chi connectivity index (χ0) is 24.5. The first-order valence-electron chi connectivity index (χ1n) is 10.8. The molecule has 0 saturated heterocycles. The molecule has 2 N–H and O–H groups in total. The van der Waals surface area contributed by atoms with Crippen LogP contribution in [0.2, 0.25) is 0 Å². The van der Waals surface area contributed by atoms with E-state index in [1.165, 1.54) is 0 Å². The summed E-state index contributed by atoms with van der Waals surface area (Å²) >= 11 is 0. The molecule has 0 radical (unpaired) electrons. The molecule has 0 aliphatic rings. The highest BCUT2D eigenvalue weighted by molar-refractivity contribution is 5.86. The summed E-state index contributed by atoms with van der Waals surface area (Å²) in [6.45, 7) is 8.05.